The zero-order valence-electron chi connectivity index (χ0n) is 16.1. The van der Waals surface area contributed by atoms with Gasteiger partial charge in [0.25, 0.3) is 5.56 Å². The summed E-state index contributed by atoms with van der Waals surface area (Å²) in [6.45, 7) is 3.39. The highest BCUT2D eigenvalue weighted by Crippen LogP contribution is 2.15. The van der Waals surface area contributed by atoms with Crippen LogP contribution in [0.2, 0.25) is 0 Å². The number of carboxylic acids is 1. The number of fused-ring (bicyclic) bond motifs is 1. The van der Waals surface area contributed by atoms with Gasteiger partial charge >= 0.3 is 5.97 Å². The molecule has 0 spiro atoms. The lowest BCUT2D eigenvalue weighted by molar-refractivity contribution is 0.0697. The maximum Gasteiger partial charge on any atom is 0.335 e. The highest BCUT2D eigenvalue weighted by atomic mass is 16.4. The van der Waals surface area contributed by atoms with Gasteiger partial charge in [0.2, 0.25) is 5.95 Å². The minimum absolute atomic E-state index is 0.226. The Morgan fingerprint density at radius 3 is 2.72 bits per heavy atom. The first-order valence-electron chi connectivity index (χ1n) is 9.17. The summed E-state index contributed by atoms with van der Waals surface area (Å²) in [4.78, 5) is 28.4. The molecule has 0 radical (unpaired) electrons. The van der Waals surface area contributed by atoms with E-state index in [0.29, 0.717) is 49.6 Å². The molecule has 0 bridgehead atoms. The summed E-state index contributed by atoms with van der Waals surface area (Å²) in [5.74, 6) is 5.36. The number of benzene rings is 1. The highest BCUT2D eigenvalue weighted by Gasteiger charge is 2.15. The Hall–Kier alpha value is -3.64. The van der Waals surface area contributed by atoms with Gasteiger partial charge in [0.1, 0.15) is 11.0 Å². The van der Waals surface area contributed by atoms with Crippen molar-refractivity contribution in [3.8, 4) is 11.8 Å². The van der Waals surface area contributed by atoms with E-state index in [1.54, 1.807) is 42.0 Å². The van der Waals surface area contributed by atoms with Crippen LogP contribution < -0.4 is 16.6 Å². The number of nitrogens with two attached hydrogens (primary N) is 1. The molecule has 1 aromatic carbocycles. The Balaban J connectivity index is 1.90. The third-order valence-corrected chi connectivity index (χ3v) is 4.41. The van der Waals surface area contributed by atoms with Crippen LogP contribution in [0.4, 0.5) is 5.95 Å². The molecule has 3 aromatic rings. The summed E-state index contributed by atoms with van der Waals surface area (Å²) in [7, 11) is 0. The number of hydrogen-bond donors (Lipinski definition) is 3. The van der Waals surface area contributed by atoms with E-state index in [1.165, 1.54) is 4.68 Å². The highest BCUT2D eigenvalue weighted by molar-refractivity contribution is 5.87. The average molecular weight is 394 g/mol. The Morgan fingerprint density at radius 1 is 1.31 bits per heavy atom. The number of anilines is 1. The number of carbonyl (C=O) groups is 1. The molecule has 9 nitrogen and oxygen atoms in total. The third kappa shape index (κ3) is 4.44. The van der Waals surface area contributed by atoms with Crippen molar-refractivity contribution >= 4 is 23.0 Å². The molecule has 0 unspecified atom stereocenters. The van der Waals surface area contributed by atoms with E-state index in [2.05, 4.69) is 27.2 Å². The van der Waals surface area contributed by atoms with Crippen LogP contribution in [0.1, 0.15) is 22.8 Å². The van der Waals surface area contributed by atoms with Gasteiger partial charge in [0.15, 0.2) is 0 Å². The molecule has 0 aliphatic rings. The van der Waals surface area contributed by atoms with Gasteiger partial charge in [-0.15, -0.1) is 5.92 Å². The van der Waals surface area contributed by atoms with Crippen LogP contribution in [-0.4, -0.2) is 43.5 Å². The molecule has 0 aliphatic carbocycles. The van der Waals surface area contributed by atoms with E-state index in [1.807, 2.05) is 0 Å². The molecule has 0 saturated heterocycles. The van der Waals surface area contributed by atoms with Gasteiger partial charge in [-0.1, -0.05) is 18.1 Å². The fraction of sp³-hybridized carbons (Fsp3) is 0.300. The number of nitrogens with zero attached hydrogens (tertiary/aromatic N) is 4. The fourth-order valence-electron chi connectivity index (χ4n) is 2.92. The Bertz CT molecular complexity index is 1140. The van der Waals surface area contributed by atoms with Crippen molar-refractivity contribution in [2.24, 2.45) is 5.73 Å². The summed E-state index contributed by atoms with van der Waals surface area (Å²) in [5.41, 5.74) is 7.37. The first kappa shape index (κ1) is 20.1. The Kier molecular flexibility index (Phi) is 6.26. The van der Waals surface area contributed by atoms with E-state index in [0.717, 1.165) is 5.56 Å². The van der Waals surface area contributed by atoms with Crippen molar-refractivity contribution in [1.29, 1.82) is 0 Å². The number of aromatic nitrogens is 4. The van der Waals surface area contributed by atoms with Gasteiger partial charge in [0.05, 0.1) is 18.3 Å². The second kappa shape index (κ2) is 9.03. The average Bonchev–Trinajstić information content (AvgIpc) is 3.08. The number of aryl methyl sites for hydroxylation is 2. The summed E-state index contributed by atoms with van der Waals surface area (Å²) in [6, 6.07) is 6.57. The lowest BCUT2D eigenvalue weighted by Gasteiger charge is -2.08. The predicted octanol–water partition coefficient (Wildman–Crippen LogP) is 0.928. The topological polar surface area (TPSA) is 128 Å². The van der Waals surface area contributed by atoms with Crippen LogP contribution in [0, 0.1) is 11.8 Å². The number of carboxylic acid groups (broad SMARTS) is 1. The minimum atomic E-state index is -0.970. The molecule has 4 N–H and O–H groups in total. The first-order chi connectivity index (χ1) is 14.0. The molecule has 0 fully saturated rings. The quantitative estimate of drug-likeness (QED) is 0.485. The smallest absolute Gasteiger partial charge is 0.335 e. The molecule has 0 aliphatic heterocycles. The normalized spacial score (nSPS) is 10.6. The van der Waals surface area contributed by atoms with Crippen molar-refractivity contribution in [1.82, 2.24) is 19.3 Å². The lowest BCUT2D eigenvalue weighted by atomic mass is 10.1. The third-order valence-electron chi connectivity index (χ3n) is 4.41. The Morgan fingerprint density at radius 2 is 2.07 bits per heavy atom. The van der Waals surface area contributed by atoms with Gasteiger partial charge in [-0.25, -0.2) is 14.5 Å². The predicted molar refractivity (Wildman–Crippen MR) is 110 cm³/mol. The fourth-order valence-corrected chi connectivity index (χ4v) is 2.92. The Labute approximate surface area is 167 Å². The molecule has 0 saturated carbocycles. The van der Waals surface area contributed by atoms with Crippen LogP contribution in [0.3, 0.4) is 0 Å². The minimum Gasteiger partial charge on any atom is -0.478 e. The molecule has 2 aromatic heterocycles. The molecule has 0 amide bonds. The molecule has 29 heavy (non-hydrogen) atoms. The van der Waals surface area contributed by atoms with E-state index in [9.17, 15) is 9.59 Å². The maximum atomic E-state index is 13.0. The van der Waals surface area contributed by atoms with Gasteiger partial charge in [-0.05, 0) is 31.0 Å². The zero-order valence-corrected chi connectivity index (χ0v) is 16.1. The van der Waals surface area contributed by atoms with Crippen molar-refractivity contribution in [2.45, 2.75) is 26.4 Å². The van der Waals surface area contributed by atoms with Gasteiger partial charge in [0, 0.05) is 19.6 Å². The number of hydrogen-bond acceptors (Lipinski definition) is 6. The first-order valence-corrected chi connectivity index (χ1v) is 9.17. The standard InChI is InChI=1S/C20H22N6O3/c1-2-3-11-25-17-16(24-20(25)22-10-9-21)13-23-26(18(17)27)12-8-14-4-6-15(7-5-14)19(28)29/h4-7,13H,8-12,21H2,1H3,(H,22,24)(H,28,29). The van der Waals surface area contributed by atoms with Crippen molar-refractivity contribution in [3.63, 3.8) is 0 Å². The molecule has 150 valence electrons. The molecular formula is C20H22N6O3. The maximum absolute atomic E-state index is 13.0. The van der Waals surface area contributed by atoms with Crippen LogP contribution in [0.25, 0.3) is 11.0 Å². The second-order valence-electron chi connectivity index (χ2n) is 6.32. The van der Waals surface area contributed by atoms with Crippen LogP contribution in [0.15, 0.2) is 35.3 Å². The van der Waals surface area contributed by atoms with E-state index >= 15 is 0 Å². The molecule has 3 rings (SSSR count). The molecule has 2 heterocycles. The SMILES string of the molecule is CC#CCn1c(NCCN)nc2cnn(CCc3ccc(C(=O)O)cc3)c(=O)c21. The van der Waals surface area contributed by atoms with E-state index in [4.69, 9.17) is 10.8 Å². The van der Waals surface area contributed by atoms with Gasteiger partial charge in [-0.3, -0.25) is 9.36 Å². The summed E-state index contributed by atoms with van der Waals surface area (Å²) < 4.78 is 3.13. The molecule has 9 heteroatoms. The number of aromatic carboxylic acids is 1. The van der Waals surface area contributed by atoms with Crippen molar-refractivity contribution in [3.05, 3.63) is 51.9 Å². The molecule has 0 atom stereocenters. The summed E-state index contributed by atoms with van der Waals surface area (Å²) in [5, 5.41) is 16.3. The van der Waals surface area contributed by atoms with Crippen LogP contribution in [-0.2, 0) is 19.5 Å². The monoisotopic (exact) mass is 394 g/mol. The largest absolute Gasteiger partial charge is 0.478 e. The number of rotatable bonds is 8. The van der Waals surface area contributed by atoms with Crippen LogP contribution in [0.5, 0.6) is 0 Å². The summed E-state index contributed by atoms with van der Waals surface area (Å²) >= 11 is 0. The van der Waals surface area contributed by atoms with Crippen molar-refractivity contribution < 1.29 is 9.90 Å². The second-order valence-corrected chi connectivity index (χ2v) is 6.32. The number of imidazole rings is 1. The van der Waals surface area contributed by atoms with Crippen molar-refractivity contribution in [2.75, 3.05) is 18.4 Å². The zero-order chi connectivity index (χ0) is 20.8. The van der Waals surface area contributed by atoms with Crippen LogP contribution >= 0.6 is 0 Å². The lowest BCUT2D eigenvalue weighted by Crippen LogP contribution is -2.25. The molecular weight excluding hydrogens is 372 g/mol. The number of nitrogens with one attached hydrogen (secondary N) is 1. The van der Waals surface area contributed by atoms with Gasteiger partial charge < -0.3 is 16.2 Å². The van der Waals surface area contributed by atoms with E-state index < -0.39 is 5.97 Å². The summed E-state index contributed by atoms with van der Waals surface area (Å²) in [6.07, 6.45) is 2.10. The van der Waals surface area contributed by atoms with Gasteiger partial charge in [-0.2, -0.15) is 5.10 Å². The van der Waals surface area contributed by atoms with E-state index in [-0.39, 0.29) is 11.1 Å².